The van der Waals surface area contributed by atoms with Crippen LogP contribution >= 0.6 is 11.3 Å². The highest BCUT2D eigenvalue weighted by atomic mass is 32.1. The number of ketones is 1. The zero-order chi connectivity index (χ0) is 13.2. The van der Waals surface area contributed by atoms with E-state index in [1.165, 1.54) is 18.3 Å². The first-order valence-electron chi connectivity index (χ1n) is 5.66. The van der Waals surface area contributed by atoms with Gasteiger partial charge in [-0.1, -0.05) is 0 Å². The second kappa shape index (κ2) is 5.13. The highest BCUT2D eigenvalue weighted by Gasteiger charge is 2.36. The molecule has 0 aliphatic carbocycles. The first kappa shape index (κ1) is 13.1. The van der Waals surface area contributed by atoms with E-state index in [1.54, 1.807) is 5.38 Å². The summed E-state index contributed by atoms with van der Waals surface area (Å²) in [6.45, 7) is 2.41. The molecule has 0 aromatic carbocycles. The van der Waals surface area contributed by atoms with E-state index >= 15 is 0 Å². The number of ether oxygens (including phenoxy) is 1. The lowest BCUT2D eigenvalue weighted by Crippen LogP contribution is -2.54. The van der Waals surface area contributed by atoms with E-state index in [1.807, 2.05) is 0 Å². The van der Waals surface area contributed by atoms with E-state index in [4.69, 9.17) is 10.5 Å². The van der Waals surface area contributed by atoms with Gasteiger partial charge in [-0.3, -0.25) is 9.59 Å². The van der Waals surface area contributed by atoms with Crippen molar-refractivity contribution < 1.29 is 14.3 Å². The lowest BCUT2D eigenvalue weighted by molar-refractivity contribution is -0.124. The molecule has 6 nitrogen and oxygen atoms in total. The molecule has 1 aliphatic rings. The molecule has 1 amide bonds. The van der Waals surface area contributed by atoms with Gasteiger partial charge < -0.3 is 15.8 Å². The average Bonchev–Trinajstić information content (AvgIpc) is 2.78. The van der Waals surface area contributed by atoms with Gasteiger partial charge in [-0.15, -0.1) is 11.3 Å². The highest BCUT2D eigenvalue weighted by Crippen LogP contribution is 2.22. The Labute approximate surface area is 109 Å². The number of anilines is 1. The topological polar surface area (TPSA) is 94.3 Å². The monoisotopic (exact) mass is 269 g/mol. The normalized spacial score (nSPS) is 18.3. The van der Waals surface area contributed by atoms with Crippen LogP contribution in [0.15, 0.2) is 5.38 Å². The number of Topliss-reactive ketones (excluding diaryl/α,β-unsaturated/α-hetero) is 1. The summed E-state index contributed by atoms with van der Waals surface area (Å²) in [4.78, 5) is 27.2. The third-order valence-corrected chi connectivity index (χ3v) is 3.68. The van der Waals surface area contributed by atoms with Gasteiger partial charge in [0.2, 0.25) is 5.91 Å². The Kier molecular flexibility index (Phi) is 3.74. The number of amides is 1. The van der Waals surface area contributed by atoms with Gasteiger partial charge in [-0.25, -0.2) is 4.98 Å². The Morgan fingerprint density at radius 2 is 2.17 bits per heavy atom. The van der Waals surface area contributed by atoms with Crippen LogP contribution in [-0.2, 0) is 9.53 Å². The van der Waals surface area contributed by atoms with Gasteiger partial charge in [0.05, 0.1) is 0 Å². The summed E-state index contributed by atoms with van der Waals surface area (Å²) in [5.74, 6) is -0.393. The van der Waals surface area contributed by atoms with Crippen molar-refractivity contribution in [2.45, 2.75) is 25.3 Å². The number of nitrogens with two attached hydrogens (primary N) is 1. The summed E-state index contributed by atoms with van der Waals surface area (Å²) in [6.07, 6.45) is 0.980. The Morgan fingerprint density at radius 1 is 1.50 bits per heavy atom. The van der Waals surface area contributed by atoms with Gasteiger partial charge in [0, 0.05) is 25.5 Å². The fraction of sp³-hybridized carbons (Fsp3) is 0.545. The smallest absolute Gasteiger partial charge is 0.246 e. The Hall–Kier alpha value is -1.31. The summed E-state index contributed by atoms with van der Waals surface area (Å²) in [7, 11) is 0. The number of nitrogens with one attached hydrogen (secondary N) is 1. The number of hydrogen-bond acceptors (Lipinski definition) is 6. The molecule has 1 fully saturated rings. The molecule has 1 aromatic heterocycles. The summed E-state index contributed by atoms with van der Waals surface area (Å²) < 4.78 is 5.18. The molecule has 2 rings (SSSR count). The predicted molar refractivity (Wildman–Crippen MR) is 67.7 cm³/mol. The molecule has 1 aromatic rings. The molecule has 1 aliphatic heterocycles. The maximum absolute atomic E-state index is 12.1. The first-order chi connectivity index (χ1) is 8.51. The largest absolute Gasteiger partial charge is 0.381 e. The molecule has 1 saturated heterocycles. The van der Waals surface area contributed by atoms with Crippen molar-refractivity contribution in [3.8, 4) is 0 Å². The average molecular weight is 269 g/mol. The Balaban J connectivity index is 2.03. The van der Waals surface area contributed by atoms with E-state index in [0.29, 0.717) is 36.9 Å². The zero-order valence-corrected chi connectivity index (χ0v) is 10.9. The van der Waals surface area contributed by atoms with Crippen molar-refractivity contribution in [1.29, 1.82) is 0 Å². The van der Waals surface area contributed by atoms with Crippen LogP contribution in [0.25, 0.3) is 0 Å². The molecule has 7 heteroatoms. The fourth-order valence-electron chi connectivity index (χ4n) is 1.68. The SMILES string of the molecule is CC(=O)c1csc(NC(=O)C2(N)CCOCC2)n1. The number of carbonyl (C=O) groups excluding carboxylic acids is 2. The van der Waals surface area contributed by atoms with Gasteiger partial charge in [0.15, 0.2) is 10.9 Å². The minimum absolute atomic E-state index is 0.125. The van der Waals surface area contributed by atoms with E-state index in [0.717, 1.165) is 0 Å². The standard InChI is InChI=1S/C11H15N3O3S/c1-7(15)8-6-18-10(13-8)14-9(16)11(12)2-4-17-5-3-11/h6H,2-5,12H2,1H3,(H,13,14,16). The molecule has 0 spiro atoms. The lowest BCUT2D eigenvalue weighted by atomic mass is 9.90. The van der Waals surface area contributed by atoms with Crippen molar-refractivity contribution >= 4 is 28.2 Å². The number of aromatic nitrogens is 1. The van der Waals surface area contributed by atoms with Crippen molar-refractivity contribution in [2.75, 3.05) is 18.5 Å². The molecular weight excluding hydrogens is 254 g/mol. The quantitative estimate of drug-likeness (QED) is 0.791. The van der Waals surface area contributed by atoms with Crippen LogP contribution in [0, 0.1) is 0 Å². The third kappa shape index (κ3) is 2.74. The summed E-state index contributed by atoms with van der Waals surface area (Å²) in [5.41, 5.74) is 5.49. The summed E-state index contributed by atoms with van der Waals surface area (Å²) in [5, 5.41) is 4.68. The van der Waals surface area contributed by atoms with Crippen LogP contribution in [-0.4, -0.2) is 35.4 Å². The Morgan fingerprint density at radius 3 is 2.72 bits per heavy atom. The maximum atomic E-state index is 12.1. The minimum Gasteiger partial charge on any atom is -0.381 e. The number of carbonyl (C=O) groups is 2. The first-order valence-corrected chi connectivity index (χ1v) is 6.54. The minimum atomic E-state index is -0.902. The van der Waals surface area contributed by atoms with E-state index in [9.17, 15) is 9.59 Å². The van der Waals surface area contributed by atoms with Crippen molar-refractivity contribution in [1.82, 2.24) is 4.98 Å². The lowest BCUT2D eigenvalue weighted by Gasteiger charge is -2.31. The summed E-state index contributed by atoms with van der Waals surface area (Å²) in [6, 6.07) is 0. The Bertz CT molecular complexity index is 466. The van der Waals surface area contributed by atoms with Gasteiger partial charge in [-0.05, 0) is 12.8 Å². The number of thiazole rings is 1. The second-order valence-electron chi connectivity index (χ2n) is 4.32. The van der Waals surface area contributed by atoms with E-state index in [2.05, 4.69) is 10.3 Å². The van der Waals surface area contributed by atoms with Crippen LogP contribution in [0.5, 0.6) is 0 Å². The van der Waals surface area contributed by atoms with Crippen LogP contribution in [0.4, 0.5) is 5.13 Å². The summed E-state index contributed by atoms with van der Waals surface area (Å²) >= 11 is 1.22. The molecule has 0 radical (unpaired) electrons. The molecule has 2 heterocycles. The zero-order valence-electron chi connectivity index (χ0n) is 10.1. The number of rotatable bonds is 3. The molecule has 98 valence electrons. The third-order valence-electron chi connectivity index (χ3n) is 2.92. The van der Waals surface area contributed by atoms with Crippen LogP contribution in [0.2, 0.25) is 0 Å². The molecule has 0 unspecified atom stereocenters. The molecule has 0 saturated carbocycles. The van der Waals surface area contributed by atoms with Gasteiger partial charge in [0.1, 0.15) is 11.2 Å². The number of nitrogens with zero attached hydrogens (tertiary/aromatic N) is 1. The maximum Gasteiger partial charge on any atom is 0.246 e. The predicted octanol–water partition coefficient (Wildman–Crippen LogP) is 0.792. The molecule has 0 atom stereocenters. The highest BCUT2D eigenvalue weighted by molar-refractivity contribution is 7.14. The molecule has 3 N–H and O–H groups in total. The second-order valence-corrected chi connectivity index (χ2v) is 5.17. The van der Waals surface area contributed by atoms with Gasteiger partial charge in [0.25, 0.3) is 0 Å². The van der Waals surface area contributed by atoms with E-state index < -0.39 is 5.54 Å². The van der Waals surface area contributed by atoms with E-state index in [-0.39, 0.29) is 11.7 Å². The van der Waals surface area contributed by atoms with Gasteiger partial charge >= 0.3 is 0 Å². The van der Waals surface area contributed by atoms with Crippen molar-refractivity contribution in [2.24, 2.45) is 5.73 Å². The van der Waals surface area contributed by atoms with Crippen LogP contribution < -0.4 is 11.1 Å². The van der Waals surface area contributed by atoms with Crippen LogP contribution in [0.1, 0.15) is 30.3 Å². The van der Waals surface area contributed by atoms with Crippen LogP contribution in [0.3, 0.4) is 0 Å². The number of hydrogen-bond donors (Lipinski definition) is 2. The van der Waals surface area contributed by atoms with Crippen molar-refractivity contribution in [3.05, 3.63) is 11.1 Å². The fourth-order valence-corrected chi connectivity index (χ4v) is 2.42. The van der Waals surface area contributed by atoms with Gasteiger partial charge in [-0.2, -0.15) is 0 Å². The molecular formula is C11H15N3O3S. The van der Waals surface area contributed by atoms with Crippen molar-refractivity contribution in [3.63, 3.8) is 0 Å². The molecule has 0 bridgehead atoms. The molecule has 18 heavy (non-hydrogen) atoms.